The minimum Gasteiger partial charge on any atom is -0.480 e. The van der Waals surface area contributed by atoms with Crippen molar-refractivity contribution in [3.8, 4) is 0 Å². The lowest BCUT2D eigenvalue weighted by atomic mass is 9.91. The van der Waals surface area contributed by atoms with Gasteiger partial charge >= 0.3 is 5.97 Å². The van der Waals surface area contributed by atoms with Gasteiger partial charge in [-0.3, -0.25) is 9.69 Å². The molecule has 0 saturated carbocycles. The fourth-order valence-electron chi connectivity index (χ4n) is 1.63. The topological polar surface area (TPSA) is 60.8 Å². The number of likely N-dealkylation sites (N-methyl/N-ethyl adjacent to an activating group) is 1. The molecule has 1 unspecified atom stereocenters. The Morgan fingerprint density at radius 3 is 2.62 bits per heavy atom. The van der Waals surface area contributed by atoms with Crippen molar-refractivity contribution in [1.82, 2.24) is 4.90 Å². The summed E-state index contributed by atoms with van der Waals surface area (Å²) in [5, 5.41) is 18.7. The zero-order valence-corrected chi connectivity index (χ0v) is 9.97. The molecule has 0 bridgehead atoms. The van der Waals surface area contributed by atoms with Crippen LogP contribution in [0.3, 0.4) is 0 Å². The van der Waals surface area contributed by atoms with Crippen LogP contribution >= 0.6 is 0 Å². The molecule has 90 valence electrons. The second-order valence-electron chi connectivity index (χ2n) is 4.70. The minimum absolute atomic E-state index is 0.467. The van der Waals surface area contributed by atoms with Gasteiger partial charge in [0.2, 0.25) is 0 Å². The third-order valence-electron chi connectivity index (χ3n) is 2.77. The summed E-state index contributed by atoms with van der Waals surface area (Å²) in [4.78, 5) is 12.7. The summed E-state index contributed by atoms with van der Waals surface area (Å²) in [6, 6.07) is -0.515. The van der Waals surface area contributed by atoms with E-state index >= 15 is 0 Å². The number of nitrogens with zero attached hydrogens (tertiary/aromatic N) is 1. The molecule has 0 aromatic heterocycles. The lowest BCUT2D eigenvalue weighted by Crippen LogP contribution is -2.36. The van der Waals surface area contributed by atoms with Crippen LogP contribution in [0.1, 0.15) is 19.8 Å². The predicted molar refractivity (Wildman–Crippen MR) is 62.2 cm³/mol. The van der Waals surface area contributed by atoms with Crippen LogP contribution in [-0.4, -0.2) is 46.8 Å². The number of carboxylic acids is 1. The first-order valence-corrected chi connectivity index (χ1v) is 5.32. The summed E-state index contributed by atoms with van der Waals surface area (Å²) in [6.07, 6.45) is 6.44. The van der Waals surface area contributed by atoms with Crippen LogP contribution < -0.4 is 0 Å². The van der Waals surface area contributed by atoms with Gasteiger partial charge in [-0.1, -0.05) is 18.2 Å². The fourth-order valence-corrected chi connectivity index (χ4v) is 1.63. The first-order valence-electron chi connectivity index (χ1n) is 5.32. The average molecular weight is 225 g/mol. The van der Waals surface area contributed by atoms with Gasteiger partial charge < -0.3 is 10.2 Å². The van der Waals surface area contributed by atoms with E-state index in [1.54, 1.807) is 32.0 Å². The summed E-state index contributed by atoms with van der Waals surface area (Å²) >= 11 is 0. The summed E-state index contributed by atoms with van der Waals surface area (Å²) in [7, 11) is 3.50. The second-order valence-corrected chi connectivity index (χ2v) is 4.70. The molecule has 0 fully saturated rings. The van der Waals surface area contributed by atoms with E-state index in [9.17, 15) is 9.90 Å². The number of carboxylic acid groups (broad SMARTS) is 1. The fraction of sp³-hybridized carbons (Fsp3) is 0.583. The van der Waals surface area contributed by atoms with Crippen molar-refractivity contribution >= 4 is 5.97 Å². The summed E-state index contributed by atoms with van der Waals surface area (Å²) < 4.78 is 0. The molecule has 4 heteroatoms. The largest absolute Gasteiger partial charge is 0.480 e. The Morgan fingerprint density at radius 2 is 2.25 bits per heavy atom. The SMILES string of the molecule is CN(C)[C@@H](CC1=CCC(C)(O)C=C1)C(=O)O. The molecular weight excluding hydrogens is 206 g/mol. The number of hydrogen-bond donors (Lipinski definition) is 2. The van der Waals surface area contributed by atoms with Crippen LogP contribution in [0.5, 0.6) is 0 Å². The van der Waals surface area contributed by atoms with Crippen LogP contribution in [0, 0.1) is 0 Å². The zero-order chi connectivity index (χ0) is 12.3. The summed E-state index contributed by atoms with van der Waals surface area (Å²) in [6.45, 7) is 1.73. The highest BCUT2D eigenvalue weighted by Crippen LogP contribution is 2.23. The second kappa shape index (κ2) is 4.80. The molecule has 1 aliphatic rings. The normalized spacial score (nSPS) is 26.7. The molecule has 0 spiro atoms. The number of aliphatic hydroxyl groups is 1. The van der Waals surface area contributed by atoms with Crippen LogP contribution in [0.4, 0.5) is 0 Å². The molecule has 0 amide bonds. The monoisotopic (exact) mass is 225 g/mol. The van der Waals surface area contributed by atoms with E-state index in [2.05, 4.69) is 0 Å². The van der Waals surface area contributed by atoms with Crippen molar-refractivity contribution < 1.29 is 15.0 Å². The Kier molecular flexibility index (Phi) is 3.88. The third kappa shape index (κ3) is 3.47. The number of rotatable bonds is 4. The molecular formula is C12H19NO3. The van der Waals surface area contributed by atoms with Crippen molar-refractivity contribution in [3.63, 3.8) is 0 Å². The van der Waals surface area contributed by atoms with E-state index in [-0.39, 0.29) is 0 Å². The Balaban J connectivity index is 2.65. The van der Waals surface area contributed by atoms with Gasteiger partial charge in [-0.05, 0) is 39.4 Å². The molecule has 0 aromatic carbocycles. The third-order valence-corrected chi connectivity index (χ3v) is 2.77. The lowest BCUT2D eigenvalue weighted by molar-refractivity contribution is -0.142. The standard InChI is InChI=1S/C12H19NO3/c1-12(16)6-4-9(5-7-12)8-10(11(14)15)13(2)3/h4-6,10,16H,7-8H2,1-3H3,(H,14,15)/t10-,12?/m0/s1. The van der Waals surface area contributed by atoms with Gasteiger partial charge in [-0.25, -0.2) is 0 Å². The highest BCUT2D eigenvalue weighted by molar-refractivity contribution is 5.74. The summed E-state index contributed by atoms with van der Waals surface area (Å²) in [5.41, 5.74) is 0.174. The maximum atomic E-state index is 11.0. The number of aliphatic carboxylic acids is 1. The van der Waals surface area contributed by atoms with Crippen molar-refractivity contribution in [1.29, 1.82) is 0 Å². The van der Waals surface area contributed by atoms with E-state index in [1.807, 2.05) is 12.2 Å². The zero-order valence-electron chi connectivity index (χ0n) is 9.97. The van der Waals surface area contributed by atoms with Gasteiger partial charge in [-0.2, -0.15) is 0 Å². The molecule has 0 heterocycles. The number of carbonyl (C=O) groups is 1. The Bertz CT molecular complexity index is 329. The van der Waals surface area contributed by atoms with Gasteiger partial charge in [0.25, 0.3) is 0 Å². The molecule has 2 N–H and O–H groups in total. The molecule has 0 radical (unpaired) electrons. The molecule has 0 saturated heterocycles. The highest BCUT2D eigenvalue weighted by Gasteiger charge is 2.23. The predicted octanol–water partition coefficient (Wildman–Crippen LogP) is 1.03. The molecule has 2 atom stereocenters. The molecule has 1 aliphatic carbocycles. The average Bonchev–Trinajstić information content (AvgIpc) is 2.15. The van der Waals surface area contributed by atoms with Crippen LogP contribution in [-0.2, 0) is 4.79 Å². The molecule has 16 heavy (non-hydrogen) atoms. The van der Waals surface area contributed by atoms with Crippen molar-refractivity contribution in [2.45, 2.75) is 31.4 Å². The first-order chi connectivity index (χ1) is 7.32. The maximum Gasteiger partial charge on any atom is 0.321 e. The minimum atomic E-state index is -0.823. The van der Waals surface area contributed by atoms with Gasteiger partial charge in [0.1, 0.15) is 6.04 Å². The molecule has 4 nitrogen and oxygen atoms in total. The smallest absolute Gasteiger partial charge is 0.321 e. The van der Waals surface area contributed by atoms with Crippen LogP contribution in [0.25, 0.3) is 0 Å². The Labute approximate surface area is 95.9 Å². The van der Waals surface area contributed by atoms with Gasteiger partial charge in [0, 0.05) is 0 Å². The van der Waals surface area contributed by atoms with Crippen molar-refractivity contribution in [2.75, 3.05) is 14.1 Å². The number of allylic oxidation sites excluding steroid dienone is 1. The van der Waals surface area contributed by atoms with E-state index in [1.165, 1.54) is 0 Å². The van der Waals surface area contributed by atoms with E-state index < -0.39 is 17.6 Å². The molecule has 0 aliphatic heterocycles. The van der Waals surface area contributed by atoms with Crippen LogP contribution in [0.15, 0.2) is 23.8 Å². The van der Waals surface area contributed by atoms with E-state index in [0.717, 1.165) is 5.57 Å². The Hall–Kier alpha value is -1.13. The highest BCUT2D eigenvalue weighted by atomic mass is 16.4. The quantitative estimate of drug-likeness (QED) is 0.750. The summed E-state index contributed by atoms with van der Waals surface area (Å²) in [5.74, 6) is -0.823. The Morgan fingerprint density at radius 1 is 1.62 bits per heavy atom. The lowest BCUT2D eigenvalue weighted by Gasteiger charge is -2.24. The van der Waals surface area contributed by atoms with Crippen LogP contribution in [0.2, 0.25) is 0 Å². The van der Waals surface area contributed by atoms with Crippen molar-refractivity contribution in [2.24, 2.45) is 0 Å². The van der Waals surface area contributed by atoms with E-state index in [4.69, 9.17) is 5.11 Å². The molecule has 1 rings (SSSR count). The van der Waals surface area contributed by atoms with Gasteiger partial charge in [-0.15, -0.1) is 0 Å². The first kappa shape index (κ1) is 12.9. The van der Waals surface area contributed by atoms with Crippen molar-refractivity contribution in [3.05, 3.63) is 23.8 Å². The molecule has 0 aromatic rings. The maximum absolute atomic E-state index is 11.0. The van der Waals surface area contributed by atoms with E-state index in [0.29, 0.717) is 12.8 Å². The van der Waals surface area contributed by atoms with Gasteiger partial charge in [0.05, 0.1) is 5.60 Å². The number of hydrogen-bond acceptors (Lipinski definition) is 3. The van der Waals surface area contributed by atoms with Gasteiger partial charge in [0.15, 0.2) is 0 Å².